The Balaban J connectivity index is 2.15. The lowest BCUT2D eigenvalue weighted by Gasteiger charge is -2.02. The molecule has 0 atom stereocenters. The van der Waals surface area contributed by atoms with Crippen LogP contribution in [0.3, 0.4) is 0 Å². The summed E-state index contributed by atoms with van der Waals surface area (Å²) in [5, 5.41) is 8.38. The molecule has 0 aliphatic heterocycles. The number of aromatic amines is 1. The standard InChI is InChI=1S/C10H8N4O2/c15-9-4-3-8(13-14-9)10(16)12-7-2-1-5-11-6-7/h1-6H,(H,12,16)(H,14,15). The number of nitrogens with zero attached hydrogens (tertiary/aromatic N) is 2. The number of H-pyrrole nitrogens is 1. The van der Waals surface area contributed by atoms with Crippen molar-refractivity contribution in [2.24, 2.45) is 0 Å². The van der Waals surface area contributed by atoms with Gasteiger partial charge >= 0.3 is 0 Å². The van der Waals surface area contributed by atoms with Crippen molar-refractivity contribution < 1.29 is 4.79 Å². The second kappa shape index (κ2) is 4.35. The first-order valence-electron chi connectivity index (χ1n) is 4.53. The number of hydrogen-bond acceptors (Lipinski definition) is 4. The molecule has 16 heavy (non-hydrogen) atoms. The number of rotatable bonds is 2. The minimum Gasteiger partial charge on any atom is -0.319 e. The molecule has 2 rings (SSSR count). The SMILES string of the molecule is O=C(Nc1cccnc1)c1ccc(=O)[nH]n1. The number of carbonyl (C=O) groups is 1. The van der Waals surface area contributed by atoms with Crippen molar-refractivity contribution in [3.05, 3.63) is 52.7 Å². The van der Waals surface area contributed by atoms with Crippen molar-refractivity contribution in [3.8, 4) is 0 Å². The predicted molar refractivity (Wildman–Crippen MR) is 57.0 cm³/mol. The van der Waals surface area contributed by atoms with Crippen LogP contribution in [0.5, 0.6) is 0 Å². The fourth-order valence-electron chi connectivity index (χ4n) is 1.10. The summed E-state index contributed by atoms with van der Waals surface area (Å²) in [7, 11) is 0. The third kappa shape index (κ3) is 2.30. The van der Waals surface area contributed by atoms with Crippen LogP contribution in [0.25, 0.3) is 0 Å². The molecule has 0 saturated carbocycles. The zero-order chi connectivity index (χ0) is 11.4. The number of aromatic nitrogens is 3. The smallest absolute Gasteiger partial charge is 0.276 e. The molecule has 0 unspecified atom stereocenters. The summed E-state index contributed by atoms with van der Waals surface area (Å²) < 4.78 is 0. The normalized spacial score (nSPS) is 9.75. The first-order chi connectivity index (χ1) is 7.75. The molecule has 6 heteroatoms. The van der Waals surface area contributed by atoms with E-state index in [2.05, 4.69) is 20.5 Å². The predicted octanol–water partition coefficient (Wildman–Crippen LogP) is 0.417. The molecule has 80 valence electrons. The van der Waals surface area contributed by atoms with Crippen molar-refractivity contribution in [3.63, 3.8) is 0 Å². The van der Waals surface area contributed by atoms with E-state index in [1.807, 2.05) is 0 Å². The molecule has 0 bridgehead atoms. The summed E-state index contributed by atoms with van der Waals surface area (Å²) in [6.45, 7) is 0. The lowest BCUT2D eigenvalue weighted by molar-refractivity contribution is 0.102. The molecule has 2 aromatic heterocycles. The maximum Gasteiger partial charge on any atom is 0.276 e. The summed E-state index contributed by atoms with van der Waals surface area (Å²) in [6, 6.07) is 6.00. The topological polar surface area (TPSA) is 87.7 Å². The van der Waals surface area contributed by atoms with E-state index in [-0.39, 0.29) is 11.3 Å². The molecule has 0 saturated heterocycles. The highest BCUT2D eigenvalue weighted by Gasteiger charge is 2.07. The molecule has 2 N–H and O–H groups in total. The highest BCUT2D eigenvalue weighted by Crippen LogP contribution is 2.04. The zero-order valence-corrected chi connectivity index (χ0v) is 8.18. The Bertz CT molecular complexity index is 530. The lowest BCUT2D eigenvalue weighted by Crippen LogP contribution is -2.17. The molecule has 2 aromatic rings. The molecule has 0 fully saturated rings. The summed E-state index contributed by atoms with van der Waals surface area (Å²) in [6.07, 6.45) is 3.12. The van der Waals surface area contributed by atoms with Crippen LogP contribution < -0.4 is 10.9 Å². The van der Waals surface area contributed by atoms with Gasteiger partial charge in [0.25, 0.3) is 11.5 Å². The van der Waals surface area contributed by atoms with Gasteiger partial charge in [0, 0.05) is 12.3 Å². The number of hydrogen-bond donors (Lipinski definition) is 2. The minimum absolute atomic E-state index is 0.142. The molecule has 2 heterocycles. The van der Waals surface area contributed by atoms with Crippen LogP contribution in [0.1, 0.15) is 10.5 Å². The molecular formula is C10H8N4O2. The van der Waals surface area contributed by atoms with Gasteiger partial charge in [-0.15, -0.1) is 0 Å². The maximum absolute atomic E-state index is 11.6. The molecule has 0 radical (unpaired) electrons. The molecule has 0 aliphatic carbocycles. The number of nitrogens with one attached hydrogen (secondary N) is 2. The average molecular weight is 216 g/mol. The fourth-order valence-corrected chi connectivity index (χ4v) is 1.10. The van der Waals surface area contributed by atoms with E-state index in [1.54, 1.807) is 18.3 Å². The van der Waals surface area contributed by atoms with Crippen molar-refractivity contribution in [1.82, 2.24) is 15.2 Å². The van der Waals surface area contributed by atoms with Gasteiger partial charge in [-0.2, -0.15) is 5.10 Å². The average Bonchev–Trinajstić information content (AvgIpc) is 2.31. The number of pyridine rings is 1. The number of anilines is 1. The van der Waals surface area contributed by atoms with E-state index < -0.39 is 5.91 Å². The van der Waals surface area contributed by atoms with Gasteiger partial charge in [0.05, 0.1) is 11.9 Å². The highest BCUT2D eigenvalue weighted by molar-refractivity contribution is 6.02. The molecule has 0 aromatic carbocycles. The van der Waals surface area contributed by atoms with Crippen molar-refractivity contribution in [1.29, 1.82) is 0 Å². The van der Waals surface area contributed by atoms with Gasteiger partial charge in [-0.05, 0) is 18.2 Å². The van der Waals surface area contributed by atoms with Gasteiger partial charge in [-0.1, -0.05) is 0 Å². The molecule has 6 nitrogen and oxygen atoms in total. The van der Waals surface area contributed by atoms with Gasteiger partial charge < -0.3 is 5.32 Å². The van der Waals surface area contributed by atoms with Crippen LogP contribution in [-0.2, 0) is 0 Å². The second-order valence-corrected chi connectivity index (χ2v) is 3.00. The first-order valence-corrected chi connectivity index (χ1v) is 4.53. The van der Waals surface area contributed by atoms with Gasteiger partial charge in [0.2, 0.25) is 0 Å². The third-order valence-corrected chi connectivity index (χ3v) is 1.83. The summed E-state index contributed by atoms with van der Waals surface area (Å²) in [5.41, 5.74) is 0.363. The van der Waals surface area contributed by atoms with Crippen LogP contribution in [-0.4, -0.2) is 21.1 Å². The Hall–Kier alpha value is -2.50. The summed E-state index contributed by atoms with van der Waals surface area (Å²) >= 11 is 0. The first kappa shape index (κ1) is 10.0. The summed E-state index contributed by atoms with van der Waals surface area (Å²) in [5.74, 6) is -0.399. The minimum atomic E-state index is -0.399. The largest absolute Gasteiger partial charge is 0.319 e. The van der Waals surface area contributed by atoms with Gasteiger partial charge in [0.1, 0.15) is 5.69 Å². The van der Waals surface area contributed by atoms with E-state index in [1.165, 1.54) is 18.3 Å². The lowest BCUT2D eigenvalue weighted by atomic mass is 10.3. The highest BCUT2D eigenvalue weighted by atomic mass is 16.2. The Morgan fingerprint density at radius 3 is 2.81 bits per heavy atom. The van der Waals surface area contributed by atoms with Crippen molar-refractivity contribution in [2.45, 2.75) is 0 Å². The van der Waals surface area contributed by atoms with E-state index in [4.69, 9.17) is 0 Å². The Kier molecular flexibility index (Phi) is 2.73. The monoisotopic (exact) mass is 216 g/mol. The number of carbonyl (C=O) groups excluding carboxylic acids is 1. The van der Waals surface area contributed by atoms with Crippen LogP contribution >= 0.6 is 0 Å². The molecule has 1 amide bonds. The Labute approximate surface area is 90.4 Å². The summed E-state index contributed by atoms with van der Waals surface area (Å²) in [4.78, 5) is 26.2. The maximum atomic E-state index is 11.6. The third-order valence-electron chi connectivity index (χ3n) is 1.83. The van der Waals surface area contributed by atoms with Crippen LogP contribution in [0, 0.1) is 0 Å². The quantitative estimate of drug-likeness (QED) is 0.761. The van der Waals surface area contributed by atoms with E-state index in [9.17, 15) is 9.59 Å². The molecule has 0 aliphatic rings. The van der Waals surface area contributed by atoms with E-state index >= 15 is 0 Å². The van der Waals surface area contributed by atoms with Gasteiger partial charge in [-0.25, -0.2) is 5.10 Å². The molecular weight excluding hydrogens is 208 g/mol. The number of amides is 1. The van der Waals surface area contributed by atoms with Crippen LogP contribution in [0.2, 0.25) is 0 Å². The van der Waals surface area contributed by atoms with E-state index in [0.717, 1.165) is 0 Å². The zero-order valence-electron chi connectivity index (χ0n) is 8.18. The van der Waals surface area contributed by atoms with Crippen molar-refractivity contribution >= 4 is 11.6 Å². The van der Waals surface area contributed by atoms with Gasteiger partial charge in [0.15, 0.2) is 0 Å². The van der Waals surface area contributed by atoms with Crippen LogP contribution in [0.4, 0.5) is 5.69 Å². The molecule has 0 spiro atoms. The van der Waals surface area contributed by atoms with Crippen molar-refractivity contribution in [2.75, 3.05) is 5.32 Å². The fraction of sp³-hybridized carbons (Fsp3) is 0. The van der Waals surface area contributed by atoms with Gasteiger partial charge in [-0.3, -0.25) is 14.6 Å². The Morgan fingerprint density at radius 1 is 1.31 bits per heavy atom. The van der Waals surface area contributed by atoms with Crippen LogP contribution in [0.15, 0.2) is 41.5 Å². The Morgan fingerprint density at radius 2 is 2.19 bits per heavy atom. The second-order valence-electron chi connectivity index (χ2n) is 3.00. The van der Waals surface area contributed by atoms with E-state index in [0.29, 0.717) is 5.69 Å².